The molecule has 1 saturated carbocycles. The standard InChI is InChI=1S/C18H25N3O2/c1-2-23-18(22)10-5-14-4-3-13(12-19)11-17(14)21-16-8-6-15(20)7-9-16/h3-4,11,15-16,21H,2,5-10,20H2,1H3. The quantitative estimate of drug-likeness (QED) is 0.788. The van der Waals surface area contributed by atoms with Crippen LogP contribution < -0.4 is 11.1 Å². The number of nitriles is 1. The lowest BCUT2D eigenvalue weighted by Crippen LogP contribution is -2.33. The van der Waals surface area contributed by atoms with Gasteiger partial charge in [-0.05, 0) is 56.7 Å². The van der Waals surface area contributed by atoms with Gasteiger partial charge in [-0.15, -0.1) is 0 Å². The summed E-state index contributed by atoms with van der Waals surface area (Å²) in [4.78, 5) is 11.6. The van der Waals surface area contributed by atoms with E-state index in [9.17, 15) is 4.79 Å². The van der Waals surface area contributed by atoms with Crippen LogP contribution in [0.1, 0.15) is 50.2 Å². The van der Waals surface area contributed by atoms with Crippen LogP contribution in [0.15, 0.2) is 18.2 Å². The minimum atomic E-state index is -0.188. The van der Waals surface area contributed by atoms with E-state index < -0.39 is 0 Å². The van der Waals surface area contributed by atoms with Crippen molar-refractivity contribution < 1.29 is 9.53 Å². The Bertz CT molecular complexity index is 572. The number of rotatable bonds is 6. The van der Waals surface area contributed by atoms with E-state index in [4.69, 9.17) is 15.7 Å². The number of ether oxygens (including phenoxy) is 1. The van der Waals surface area contributed by atoms with Crippen LogP contribution in [-0.2, 0) is 16.0 Å². The fourth-order valence-electron chi connectivity index (χ4n) is 2.95. The third kappa shape index (κ3) is 5.26. The molecule has 124 valence electrons. The molecule has 1 aliphatic carbocycles. The second-order valence-corrected chi connectivity index (χ2v) is 6.04. The van der Waals surface area contributed by atoms with Crippen molar-refractivity contribution in [3.8, 4) is 6.07 Å². The summed E-state index contributed by atoms with van der Waals surface area (Å²) in [6.07, 6.45) is 5.08. The Kier molecular flexibility index (Phi) is 6.42. The third-order valence-electron chi connectivity index (χ3n) is 4.27. The fourth-order valence-corrected chi connectivity index (χ4v) is 2.95. The Morgan fingerprint density at radius 3 is 2.78 bits per heavy atom. The van der Waals surface area contributed by atoms with Crippen LogP contribution in [0.2, 0.25) is 0 Å². The minimum absolute atomic E-state index is 0.188. The second-order valence-electron chi connectivity index (χ2n) is 6.04. The number of nitrogens with zero attached hydrogens (tertiary/aromatic N) is 1. The number of carbonyl (C=O) groups is 1. The molecule has 5 nitrogen and oxygen atoms in total. The molecular formula is C18H25N3O2. The molecule has 2 rings (SSSR count). The van der Waals surface area contributed by atoms with E-state index in [0.29, 0.717) is 37.1 Å². The summed E-state index contributed by atoms with van der Waals surface area (Å²) in [6, 6.07) is 8.45. The Labute approximate surface area is 137 Å². The summed E-state index contributed by atoms with van der Waals surface area (Å²) in [6.45, 7) is 2.21. The molecule has 3 N–H and O–H groups in total. The number of benzene rings is 1. The highest BCUT2D eigenvalue weighted by atomic mass is 16.5. The average Bonchev–Trinajstić information content (AvgIpc) is 2.56. The molecule has 0 radical (unpaired) electrons. The van der Waals surface area contributed by atoms with E-state index >= 15 is 0 Å². The fraction of sp³-hybridized carbons (Fsp3) is 0.556. The van der Waals surface area contributed by atoms with Crippen molar-refractivity contribution >= 4 is 11.7 Å². The predicted molar refractivity (Wildman–Crippen MR) is 90.0 cm³/mol. The van der Waals surface area contributed by atoms with E-state index in [2.05, 4.69) is 11.4 Å². The van der Waals surface area contributed by atoms with E-state index in [1.807, 2.05) is 12.1 Å². The summed E-state index contributed by atoms with van der Waals surface area (Å²) in [5, 5.41) is 12.7. The Hall–Kier alpha value is -2.06. The lowest BCUT2D eigenvalue weighted by molar-refractivity contribution is -0.143. The predicted octanol–water partition coefficient (Wildman–Crippen LogP) is 2.74. The number of esters is 1. The Morgan fingerprint density at radius 1 is 1.39 bits per heavy atom. The first-order valence-corrected chi connectivity index (χ1v) is 8.33. The van der Waals surface area contributed by atoms with Gasteiger partial charge in [-0.2, -0.15) is 5.26 Å². The molecule has 1 aromatic carbocycles. The van der Waals surface area contributed by atoms with Gasteiger partial charge in [0.1, 0.15) is 0 Å². The van der Waals surface area contributed by atoms with Crippen molar-refractivity contribution in [1.29, 1.82) is 5.26 Å². The molecule has 0 atom stereocenters. The summed E-state index contributed by atoms with van der Waals surface area (Å²) in [5.41, 5.74) is 8.58. The van der Waals surface area contributed by atoms with Gasteiger partial charge in [0.15, 0.2) is 0 Å². The first-order valence-electron chi connectivity index (χ1n) is 8.33. The molecule has 23 heavy (non-hydrogen) atoms. The average molecular weight is 315 g/mol. The van der Waals surface area contributed by atoms with E-state index in [1.54, 1.807) is 13.0 Å². The highest BCUT2D eigenvalue weighted by Gasteiger charge is 2.19. The molecule has 1 fully saturated rings. The lowest BCUT2D eigenvalue weighted by Gasteiger charge is -2.28. The van der Waals surface area contributed by atoms with Crippen LogP contribution >= 0.6 is 0 Å². The largest absolute Gasteiger partial charge is 0.466 e. The number of aryl methyl sites for hydroxylation is 1. The molecule has 1 aliphatic rings. The van der Waals surface area contributed by atoms with E-state index in [1.165, 1.54) is 0 Å². The van der Waals surface area contributed by atoms with Crippen molar-refractivity contribution in [1.82, 2.24) is 0 Å². The molecule has 5 heteroatoms. The normalized spacial score (nSPS) is 20.6. The van der Waals surface area contributed by atoms with E-state index in [-0.39, 0.29) is 5.97 Å². The maximum absolute atomic E-state index is 11.6. The third-order valence-corrected chi connectivity index (χ3v) is 4.27. The molecular weight excluding hydrogens is 290 g/mol. The number of nitrogens with one attached hydrogen (secondary N) is 1. The molecule has 0 heterocycles. The van der Waals surface area contributed by atoms with Crippen LogP contribution in [0.5, 0.6) is 0 Å². The number of hydrogen-bond donors (Lipinski definition) is 2. The maximum Gasteiger partial charge on any atom is 0.306 e. The maximum atomic E-state index is 11.6. The van der Waals surface area contributed by atoms with Crippen LogP contribution in [0.25, 0.3) is 0 Å². The van der Waals surface area contributed by atoms with Gasteiger partial charge in [0.05, 0.1) is 18.2 Å². The molecule has 0 unspecified atom stereocenters. The number of hydrogen-bond acceptors (Lipinski definition) is 5. The summed E-state index contributed by atoms with van der Waals surface area (Å²) in [5.74, 6) is -0.188. The first kappa shape index (κ1) is 17.3. The van der Waals surface area contributed by atoms with Crippen LogP contribution in [0, 0.1) is 11.3 Å². The van der Waals surface area contributed by atoms with Gasteiger partial charge in [0.2, 0.25) is 0 Å². The topological polar surface area (TPSA) is 88.1 Å². The molecule has 0 bridgehead atoms. The smallest absolute Gasteiger partial charge is 0.306 e. The van der Waals surface area contributed by atoms with Gasteiger partial charge in [-0.1, -0.05) is 6.07 Å². The van der Waals surface area contributed by atoms with Crippen molar-refractivity contribution in [3.63, 3.8) is 0 Å². The van der Waals surface area contributed by atoms with Crippen LogP contribution in [0.4, 0.5) is 5.69 Å². The summed E-state index contributed by atoms with van der Waals surface area (Å²) >= 11 is 0. The van der Waals surface area contributed by atoms with Gasteiger partial charge >= 0.3 is 5.97 Å². The van der Waals surface area contributed by atoms with E-state index in [0.717, 1.165) is 36.9 Å². The summed E-state index contributed by atoms with van der Waals surface area (Å²) < 4.78 is 4.98. The SMILES string of the molecule is CCOC(=O)CCc1ccc(C#N)cc1NC1CCC(N)CC1. The number of carbonyl (C=O) groups excluding carboxylic acids is 1. The minimum Gasteiger partial charge on any atom is -0.466 e. The van der Waals surface area contributed by atoms with Crippen molar-refractivity contribution in [2.45, 2.75) is 57.5 Å². The Morgan fingerprint density at radius 2 is 2.13 bits per heavy atom. The zero-order valence-electron chi connectivity index (χ0n) is 13.7. The van der Waals surface area contributed by atoms with Crippen molar-refractivity contribution in [3.05, 3.63) is 29.3 Å². The van der Waals surface area contributed by atoms with Gasteiger partial charge in [0.25, 0.3) is 0 Å². The van der Waals surface area contributed by atoms with Gasteiger partial charge < -0.3 is 15.8 Å². The summed E-state index contributed by atoms with van der Waals surface area (Å²) in [7, 11) is 0. The molecule has 0 amide bonds. The zero-order valence-corrected chi connectivity index (χ0v) is 13.7. The lowest BCUT2D eigenvalue weighted by atomic mass is 9.91. The molecule has 1 aromatic rings. The van der Waals surface area contributed by atoms with Crippen molar-refractivity contribution in [2.75, 3.05) is 11.9 Å². The Balaban J connectivity index is 2.05. The first-order chi connectivity index (χ1) is 11.1. The highest BCUT2D eigenvalue weighted by Crippen LogP contribution is 2.25. The number of nitrogens with two attached hydrogens (primary N) is 1. The van der Waals surface area contributed by atoms with Gasteiger partial charge in [-0.3, -0.25) is 4.79 Å². The van der Waals surface area contributed by atoms with Gasteiger partial charge in [-0.25, -0.2) is 0 Å². The van der Waals surface area contributed by atoms with Crippen LogP contribution in [0.3, 0.4) is 0 Å². The van der Waals surface area contributed by atoms with Crippen LogP contribution in [-0.4, -0.2) is 24.7 Å². The molecule has 0 spiro atoms. The monoisotopic (exact) mass is 315 g/mol. The second kappa shape index (κ2) is 8.54. The van der Waals surface area contributed by atoms with Crippen molar-refractivity contribution in [2.24, 2.45) is 5.73 Å². The van der Waals surface area contributed by atoms with Gasteiger partial charge in [0, 0.05) is 24.2 Å². The molecule has 0 aromatic heterocycles. The number of anilines is 1. The molecule has 0 saturated heterocycles. The highest BCUT2D eigenvalue weighted by molar-refractivity contribution is 5.70. The zero-order chi connectivity index (χ0) is 16.7. The molecule has 0 aliphatic heterocycles.